The van der Waals surface area contributed by atoms with Gasteiger partial charge in [0, 0.05) is 25.2 Å². The van der Waals surface area contributed by atoms with Crippen molar-refractivity contribution in [1.82, 2.24) is 4.90 Å². The summed E-state index contributed by atoms with van der Waals surface area (Å²) in [6.45, 7) is 14.0. The molecular formula is C16H32N2O. The van der Waals surface area contributed by atoms with Crippen LogP contribution in [0.25, 0.3) is 0 Å². The Bertz CT molecular complexity index is 311. The molecule has 19 heavy (non-hydrogen) atoms. The van der Waals surface area contributed by atoms with Crippen molar-refractivity contribution in [2.45, 2.75) is 77.0 Å². The first-order chi connectivity index (χ1) is 8.71. The molecule has 112 valence electrons. The molecule has 0 aromatic rings. The Kier molecular flexibility index (Phi) is 4.03. The average molecular weight is 268 g/mol. The van der Waals surface area contributed by atoms with Crippen LogP contribution in [0.3, 0.4) is 0 Å². The lowest BCUT2D eigenvalue weighted by molar-refractivity contribution is -0.207. The van der Waals surface area contributed by atoms with E-state index in [0.717, 1.165) is 19.6 Å². The standard InChI is InChI=1S/C16H32N2O/c1-13-8-6-7-9-16(13,10-17)18-11-14(2,3)19-15(4,5)12-18/h13H,6-12,17H2,1-5H3. The maximum absolute atomic E-state index is 6.25. The van der Waals surface area contributed by atoms with Crippen LogP contribution in [0.4, 0.5) is 0 Å². The molecule has 2 fully saturated rings. The summed E-state index contributed by atoms with van der Waals surface area (Å²) in [5, 5.41) is 0. The van der Waals surface area contributed by atoms with E-state index in [1.54, 1.807) is 0 Å². The predicted octanol–water partition coefficient (Wildman–Crippen LogP) is 2.78. The Balaban J connectivity index is 2.27. The van der Waals surface area contributed by atoms with Crippen LogP contribution >= 0.6 is 0 Å². The lowest BCUT2D eigenvalue weighted by Crippen LogP contribution is -2.68. The highest BCUT2D eigenvalue weighted by Crippen LogP contribution is 2.42. The monoisotopic (exact) mass is 268 g/mol. The molecule has 1 saturated heterocycles. The first-order valence-electron chi connectivity index (χ1n) is 7.86. The molecule has 1 aliphatic heterocycles. The fourth-order valence-corrected chi connectivity index (χ4v) is 4.40. The number of hydrogen-bond acceptors (Lipinski definition) is 3. The third-order valence-corrected chi connectivity index (χ3v) is 5.09. The topological polar surface area (TPSA) is 38.5 Å². The van der Waals surface area contributed by atoms with Gasteiger partial charge < -0.3 is 10.5 Å². The minimum absolute atomic E-state index is 0.0823. The maximum atomic E-state index is 6.25. The average Bonchev–Trinajstić information content (AvgIpc) is 2.25. The summed E-state index contributed by atoms with van der Waals surface area (Å²) in [6.07, 6.45) is 5.24. The molecular weight excluding hydrogens is 236 g/mol. The molecule has 2 aliphatic rings. The van der Waals surface area contributed by atoms with Gasteiger partial charge in [-0.25, -0.2) is 0 Å². The summed E-state index contributed by atoms with van der Waals surface area (Å²) >= 11 is 0. The molecule has 0 aromatic heterocycles. The minimum atomic E-state index is -0.0823. The number of nitrogens with two attached hydrogens (primary N) is 1. The lowest BCUT2D eigenvalue weighted by atomic mass is 9.71. The second-order valence-corrected chi connectivity index (χ2v) is 7.93. The van der Waals surface area contributed by atoms with Gasteiger partial charge in [0.1, 0.15) is 0 Å². The van der Waals surface area contributed by atoms with Crippen LogP contribution in [0.15, 0.2) is 0 Å². The molecule has 2 rings (SSSR count). The number of hydrogen-bond donors (Lipinski definition) is 1. The smallest absolute Gasteiger partial charge is 0.0761 e. The molecule has 0 spiro atoms. The Morgan fingerprint density at radius 1 is 1.11 bits per heavy atom. The number of morpholine rings is 1. The molecule has 2 unspecified atom stereocenters. The van der Waals surface area contributed by atoms with Crippen molar-refractivity contribution in [3.8, 4) is 0 Å². The highest BCUT2D eigenvalue weighted by atomic mass is 16.5. The van der Waals surface area contributed by atoms with Gasteiger partial charge in [0.15, 0.2) is 0 Å². The van der Waals surface area contributed by atoms with E-state index < -0.39 is 0 Å². The van der Waals surface area contributed by atoms with Gasteiger partial charge in [0.05, 0.1) is 11.2 Å². The quantitative estimate of drug-likeness (QED) is 0.837. The van der Waals surface area contributed by atoms with Crippen molar-refractivity contribution < 1.29 is 4.74 Å². The molecule has 0 aromatic carbocycles. The van der Waals surface area contributed by atoms with Crippen molar-refractivity contribution >= 4 is 0 Å². The lowest BCUT2D eigenvalue weighted by Gasteiger charge is -2.57. The van der Waals surface area contributed by atoms with E-state index in [2.05, 4.69) is 39.5 Å². The zero-order valence-electron chi connectivity index (χ0n) is 13.5. The molecule has 2 N–H and O–H groups in total. The fourth-order valence-electron chi connectivity index (χ4n) is 4.40. The Morgan fingerprint density at radius 3 is 2.16 bits per heavy atom. The summed E-state index contributed by atoms with van der Waals surface area (Å²) in [5.74, 6) is 0.691. The highest BCUT2D eigenvalue weighted by molar-refractivity contribution is 5.03. The molecule has 2 atom stereocenters. The molecule has 0 radical (unpaired) electrons. The summed E-state index contributed by atoms with van der Waals surface area (Å²) in [6, 6.07) is 0. The van der Waals surface area contributed by atoms with Crippen molar-refractivity contribution in [1.29, 1.82) is 0 Å². The van der Waals surface area contributed by atoms with Crippen LogP contribution in [0.1, 0.15) is 60.3 Å². The van der Waals surface area contributed by atoms with E-state index in [1.165, 1.54) is 25.7 Å². The second-order valence-electron chi connectivity index (χ2n) is 7.93. The summed E-state index contributed by atoms with van der Waals surface area (Å²) in [7, 11) is 0. The van der Waals surface area contributed by atoms with Crippen LogP contribution in [0.2, 0.25) is 0 Å². The van der Waals surface area contributed by atoms with Crippen LogP contribution in [-0.2, 0) is 4.74 Å². The molecule has 0 bridgehead atoms. The molecule has 1 saturated carbocycles. The fraction of sp³-hybridized carbons (Fsp3) is 1.00. The van der Waals surface area contributed by atoms with Gasteiger partial charge in [-0.3, -0.25) is 4.90 Å². The zero-order chi connectivity index (χ0) is 14.3. The van der Waals surface area contributed by atoms with Gasteiger partial charge in [-0.05, 0) is 46.5 Å². The summed E-state index contributed by atoms with van der Waals surface area (Å²) < 4.78 is 6.22. The maximum Gasteiger partial charge on any atom is 0.0761 e. The van der Waals surface area contributed by atoms with Crippen molar-refractivity contribution in [3.63, 3.8) is 0 Å². The van der Waals surface area contributed by atoms with Gasteiger partial charge in [-0.1, -0.05) is 19.8 Å². The molecule has 1 heterocycles. The second kappa shape index (κ2) is 5.01. The SMILES string of the molecule is CC1CCCCC1(CN)N1CC(C)(C)OC(C)(C)C1. The van der Waals surface area contributed by atoms with E-state index >= 15 is 0 Å². The summed E-state index contributed by atoms with van der Waals surface area (Å²) in [5.41, 5.74) is 6.28. The zero-order valence-corrected chi connectivity index (χ0v) is 13.5. The van der Waals surface area contributed by atoms with Crippen LogP contribution in [0, 0.1) is 5.92 Å². The molecule has 3 heteroatoms. The van der Waals surface area contributed by atoms with Crippen LogP contribution < -0.4 is 5.73 Å². The van der Waals surface area contributed by atoms with Gasteiger partial charge in [-0.2, -0.15) is 0 Å². The number of nitrogens with zero attached hydrogens (tertiary/aromatic N) is 1. The highest BCUT2D eigenvalue weighted by Gasteiger charge is 2.49. The van der Waals surface area contributed by atoms with Gasteiger partial charge in [0.25, 0.3) is 0 Å². The van der Waals surface area contributed by atoms with Crippen LogP contribution in [-0.4, -0.2) is 41.3 Å². The first kappa shape index (κ1) is 15.3. The predicted molar refractivity (Wildman–Crippen MR) is 80.2 cm³/mol. The third kappa shape index (κ3) is 2.98. The third-order valence-electron chi connectivity index (χ3n) is 5.09. The van der Waals surface area contributed by atoms with E-state index in [1.807, 2.05) is 0 Å². The van der Waals surface area contributed by atoms with E-state index in [4.69, 9.17) is 10.5 Å². The largest absolute Gasteiger partial charge is 0.367 e. The van der Waals surface area contributed by atoms with Gasteiger partial charge in [-0.15, -0.1) is 0 Å². The van der Waals surface area contributed by atoms with Crippen molar-refractivity contribution in [3.05, 3.63) is 0 Å². The molecule has 1 aliphatic carbocycles. The van der Waals surface area contributed by atoms with Gasteiger partial charge in [0.2, 0.25) is 0 Å². The normalized spacial score (nSPS) is 39.2. The Labute approximate surface area is 118 Å². The number of rotatable bonds is 2. The van der Waals surface area contributed by atoms with E-state index in [-0.39, 0.29) is 16.7 Å². The van der Waals surface area contributed by atoms with Crippen molar-refractivity contribution in [2.24, 2.45) is 11.7 Å². The summed E-state index contributed by atoms with van der Waals surface area (Å²) in [4.78, 5) is 2.65. The minimum Gasteiger partial charge on any atom is -0.367 e. The Hall–Kier alpha value is -0.120. The molecule has 3 nitrogen and oxygen atoms in total. The van der Waals surface area contributed by atoms with Gasteiger partial charge >= 0.3 is 0 Å². The van der Waals surface area contributed by atoms with Crippen molar-refractivity contribution in [2.75, 3.05) is 19.6 Å². The first-order valence-corrected chi connectivity index (χ1v) is 7.86. The van der Waals surface area contributed by atoms with E-state index in [9.17, 15) is 0 Å². The molecule has 0 amide bonds. The van der Waals surface area contributed by atoms with E-state index in [0.29, 0.717) is 5.92 Å². The van der Waals surface area contributed by atoms with Crippen LogP contribution in [0.5, 0.6) is 0 Å². The number of ether oxygens (including phenoxy) is 1. The Morgan fingerprint density at radius 2 is 1.68 bits per heavy atom.